The highest BCUT2D eigenvalue weighted by Crippen LogP contribution is 2.40. The molecule has 0 saturated carbocycles. The average molecular weight is 371 g/mol. The van der Waals surface area contributed by atoms with Crippen LogP contribution in [0.25, 0.3) is 0 Å². The van der Waals surface area contributed by atoms with E-state index < -0.39 is 5.79 Å². The minimum Gasteiger partial charge on any atom is -0.349 e. The maximum absolute atomic E-state index is 6.60. The Hall–Kier alpha value is -0.0800. The smallest absolute Gasteiger partial charge is 0.173 e. The van der Waals surface area contributed by atoms with Gasteiger partial charge < -0.3 is 9.47 Å². The number of hydrogen-bond acceptors (Lipinski definition) is 2. The molecule has 158 valence electrons. The van der Waals surface area contributed by atoms with E-state index in [1.807, 2.05) is 0 Å². The van der Waals surface area contributed by atoms with E-state index in [2.05, 4.69) is 62.3 Å². The molecule has 0 spiro atoms. The molecule has 0 aliphatic rings. The van der Waals surface area contributed by atoms with Gasteiger partial charge in [-0.3, -0.25) is 0 Å². The highest BCUT2D eigenvalue weighted by atomic mass is 16.7. The van der Waals surface area contributed by atoms with E-state index in [0.717, 1.165) is 13.2 Å². The van der Waals surface area contributed by atoms with Crippen LogP contribution >= 0.6 is 0 Å². The lowest BCUT2D eigenvalue weighted by atomic mass is 9.77. The predicted molar refractivity (Wildman–Crippen MR) is 115 cm³/mol. The Labute approximate surface area is 165 Å². The van der Waals surface area contributed by atoms with Crippen molar-refractivity contribution in [1.29, 1.82) is 0 Å². The van der Waals surface area contributed by atoms with Gasteiger partial charge in [0.2, 0.25) is 0 Å². The number of ether oxygens (including phenoxy) is 2. The molecule has 26 heavy (non-hydrogen) atoms. The molecule has 0 bridgehead atoms. The van der Waals surface area contributed by atoms with Crippen molar-refractivity contribution in [2.45, 2.75) is 113 Å². The second-order valence-corrected chi connectivity index (χ2v) is 9.69. The molecule has 0 fully saturated rings. The van der Waals surface area contributed by atoms with Crippen LogP contribution in [0.1, 0.15) is 107 Å². The zero-order valence-corrected chi connectivity index (χ0v) is 19.6. The second kappa shape index (κ2) is 14.0. The monoisotopic (exact) mass is 370 g/mol. The van der Waals surface area contributed by atoms with Gasteiger partial charge in [-0.1, -0.05) is 101 Å². The maximum atomic E-state index is 6.60. The van der Waals surface area contributed by atoms with Crippen LogP contribution in [-0.2, 0) is 9.47 Å². The zero-order chi connectivity index (χ0) is 20.2. The number of hydrogen-bond donors (Lipinski definition) is 0. The van der Waals surface area contributed by atoms with Gasteiger partial charge in [-0.05, 0) is 24.2 Å². The lowest BCUT2D eigenvalue weighted by Gasteiger charge is -2.46. The summed E-state index contributed by atoms with van der Waals surface area (Å²) in [6, 6.07) is 0. The summed E-state index contributed by atoms with van der Waals surface area (Å²) < 4.78 is 13.2. The van der Waals surface area contributed by atoms with Gasteiger partial charge in [0.1, 0.15) is 0 Å². The van der Waals surface area contributed by atoms with Crippen molar-refractivity contribution in [3.8, 4) is 0 Å². The van der Waals surface area contributed by atoms with Crippen molar-refractivity contribution in [3.63, 3.8) is 0 Å². The third-order valence-corrected chi connectivity index (χ3v) is 5.28. The predicted octanol–water partition coefficient (Wildman–Crippen LogP) is 7.71. The topological polar surface area (TPSA) is 18.5 Å². The first-order valence-electron chi connectivity index (χ1n) is 11.4. The second-order valence-electron chi connectivity index (χ2n) is 9.69. The van der Waals surface area contributed by atoms with E-state index in [4.69, 9.17) is 9.47 Å². The van der Waals surface area contributed by atoms with Crippen LogP contribution in [0.3, 0.4) is 0 Å². The highest BCUT2D eigenvalue weighted by Gasteiger charge is 2.45. The quantitative estimate of drug-likeness (QED) is 0.205. The molecule has 1 atom stereocenters. The van der Waals surface area contributed by atoms with Crippen LogP contribution in [0, 0.1) is 29.6 Å². The van der Waals surface area contributed by atoms with Crippen molar-refractivity contribution < 1.29 is 9.47 Å². The molecule has 0 aromatic rings. The van der Waals surface area contributed by atoms with E-state index in [-0.39, 0.29) is 0 Å². The molecule has 0 N–H and O–H groups in total. The highest BCUT2D eigenvalue weighted by molar-refractivity contribution is 4.86. The van der Waals surface area contributed by atoms with Gasteiger partial charge in [0.25, 0.3) is 0 Å². The van der Waals surface area contributed by atoms with Gasteiger partial charge in [-0.2, -0.15) is 0 Å². The Morgan fingerprint density at radius 2 is 1.12 bits per heavy atom. The third-order valence-electron chi connectivity index (χ3n) is 5.28. The molecule has 0 saturated heterocycles. The minimum atomic E-state index is -0.452. The third kappa shape index (κ3) is 9.74. The fraction of sp³-hybridized carbons (Fsp3) is 1.00. The Bertz CT molecular complexity index is 308. The largest absolute Gasteiger partial charge is 0.349 e. The van der Waals surface area contributed by atoms with E-state index >= 15 is 0 Å². The van der Waals surface area contributed by atoms with Crippen LogP contribution in [0.15, 0.2) is 0 Å². The minimum absolute atomic E-state index is 0.354. The lowest BCUT2D eigenvalue weighted by Crippen LogP contribution is -2.51. The fourth-order valence-corrected chi connectivity index (χ4v) is 3.75. The van der Waals surface area contributed by atoms with Gasteiger partial charge in [0, 0.05) is 11.8 Å². The molecule has 0 radical (unpaired) electrons. The summed E-state index contributed by atoms with van der Waals surface area (Å²) in [6.07, 6.45) is 9.27. The molecule has 0 aliphatic heterocycles. The zero-order valence-electron chi connectivity index (χ0n) is 19.6. The lowest BCUT2D eigenvalue weighted by molar-refractivity contribution is -0.305. The van der Waals surface area contributed by atoms with Crippen molar-refractivity contribution in [1.82, 2.24) is 0 Å². The van der Waals surface area contributed by atoms with Crippen LogP contribution in [0.5, 0.6) is 0 Å². The first-order chi connectivity index (χ1) is 12.2. The summed E-state index contributed by atoms with van der Waals surface area (Å²) in [7, 11) is 0. The van der Waals surface area contributed by atoms with Crippen LogP contribution in [-0.4, -0.2) is 19.0 Å². The van der Waals surface area contributed by atoms with Crippen LogP contribution in [0.2, 0.25) is 0 Å². The van der Waals surface area contributed by atoms with E-state index in [1.54, 1.807) is 0 Å². The van der Waals surface area contributed by atoms with E-state index in [0.29, 0.717) is 29.6 Å². The van der Waals surface area contributed by atoms with Gasteiger partial charge in [-0.25, -0.2) is 0 Å². The number of unbranched alkanes of at least 4 members (excludes halogenated alkanes) is 5. The summed E-state index contributed by atoms with van der Waals surface area (Å²) in [4.78, 5) is 0. The molecule has 0 heterocycles. The maximum Gasteiger partial charge on any atom is 0.173 e. The van der Waals surface area contributed by atoms with Gasteiger partial charge >= 0.3 is 0 Å². The fourth-order valence-electron chi connectivity index (χ4n) is 3.75. The Morgan fingerprint density at radius 3 is 1.50 bits per heavy atom. The molecule has 0 amide bonds. The molecular formula is C24H50O2. The van der Waals surface area contributed by atoms with Gasteiger partial charge in [0.05, 0.1) is 13.2 Å². The molecule has 2 heteroatoms. The van der Waals surface area contributed by atoms with Gasteiger partial charge in [0.15, 0.2) is 5.79 Å². The van der Waals surface area contributed by atoms with Crippen LogP contribution in [0.4, 0.5) is 0 Å². The average Bonchev–Trinajstić information content (AvgIpc) is 2.54. The summed E-state index contributed by atoms with van der Waals surface area (Å²) >= 11 is 0. The van der Waals surface area contributed by atoms with Crippen molar-refractivity contribution in [2.24, 2.45) is 29.6 Å². The summed E-state index contributed by atoms with van der Waals surface area (Å²) in [5.41, 5.74) is 0. The molecular weight excluding hydrogens is 320 g/mol. The van der Waals surface area contributed by atoms with Crippen molar-refractivity contribution in [3.05, 3.63) is 0 Å². The SMILES string of the molecule is CCCCCCCCC(C(C)C)C(OCC(C)C)(OCC(C)C)C(C)C. The summed E-state index contributed by atoms with van der Waals surface area (Å²) in [5, 5.41) is 0. The molecule has 0 rings (SSSR count). The summed E-state index contributed by atoms with van der Waals surface area (Å²) in [6.45, 7) is 22.0. The summed E-state index contributed by atoms with van der Waals surface area (Å²) in [5.74, 6) is 1.97. The Balaban J connectivity index is 5.16. The molecule has 0 aromatic carbocycles. The van der Waals surface area contributed by atoms with Crippen molar-refractivity contribution >= 4 is 0 Å². The molecule has 0 aromatic heterocycles. The Kier molecular flexibility index (Phi) is 14.0. The first kappa shape index (κ1) is 25.9. The van der Waals surface area contributed by atoms with Gasteiger partial charge in [-0.15, -0.1) is 0 Å². The molecule has 0 aliphatic carbocycles. The van der Waals surface area contributed by atoms with Crippen LogP contribution < -0.4 is 0 Å². The van der Waals surface area contributed by atoms with E-state index in [1.165, 1.54) is 44.9 Å². The van der Waals surface area contributed by atoms with Crippen molar-refractivity contribution in [2.75, 3.05) is 13.2 Å². The normalized spacial score (nSPS) is 14.2. The first-order valence-corrected chi connectivity index (χ1v) is 11.4. The number of rotatable bonds is 16. The standard InChI is InChI=1S/C24H50O2/c1-10-11-12-13-14-15-16-23(21(6)7)24(22(8)9,25-17-19(2)3)26-18-20(4)5/h19-23H,10-18H2,1-9H3. The Morgan fingerprint density at radius 1 is 0.654 bits per heavy atom. The molecule has 1 unspecified atom stereocenters. The molecule has 2 nitrogen and oxygen atoms in total. The van der Waals surface area contributed by atoms with E-state index in [9.17, 15) is 0 Å².